The molecule has 1 saturated carbocycles. The van der Waals surface area contributed by atoms with Crippen LogP contribution < -0.4 is 4.90 Å². The molecule has 0 aromatic carbocycles. The maximum absolute atomic E-state index is 13.1. The zero-order valence-corrected chi connectivity index (χ0v) is 16.8. The molecule has 5 rings (SSSR count). The molecule has 1 unspecified atom stereocenters. The Hall–Kier alpha value is -1.67. The summed E-state index contributed by atoms with van der Waals surface area (Å²) in [4.78, 5) is 19.9. The van der Waals surface area contributed by atoms with Crippen molar-refractivity contribution in [2.45, 2.75) is 63.6 Å². The number of anilines is 1. The van der Waals surface area contributed by atoms with Crippen LogP contribution in [0.15, 0.2) is 0 Å². The minimum absolute atomic E-state index is 0.0312. The van der Waals surface area contributed by atoms with E-state index in [0.717, 1.165) is 83.5 Å². The molecule has 1 atom stereocenters. The molecule has 8 nitrogen and oxygen atoms in total. The van der Waals surface area contributed by atoms with Crippen LogP contribution in [0.3, 0.4) is 0 Å². The number of hydrogen-bond acceptors (Lipinski definition) is 6. The molecular formula is C20H32N6O2. The summed E-state index contributed by atoms with van der Waals surface area (Å²) in [5.74, 6) is 1.38. The molecule has 4 fully saturated rings. The first-order valence-corrected chi connectivity index (χ1v) is 11.1. The number of amides is 1. The standard InChI is InChI=1S/C20H32N6O2/c27-19(24-8-2-3-9-24)18-21-22-20(26(18)15-17-5-1-4-14-28-17)25-12-10-23(11-13-25)16-6-7-16/h16-17H,1-15H2. The highest BCUT2D eigenvalue weighted by Gasteiger charge is 2.34. The Kier molecular flexibility index (Phi) is 5.24. The van der Waals surface area contributed by atoms with Gasteiger partial charge in [0.05, 0.1) is 12.6 Å². The lowest BCUT2D eigenvalue weighted by Crippen LogP contribution is -2.48. The molecular weight excluding hydrogens is 356 g/mol. The second kappa shape index (κ2) is 7.99. The molecule has 3 saturated heterocycles. The average Bonchev–Trinajstić information content (AvgIpc) is 3.28. The molecule has 4 heterocycles. The van der Waals surface area contributed by atoms with Gasteiger partial charge >= 0.3 is 0 Å². The van der Waals surface area contributed by atoms with E-state index in [1.54, 1.807) is 0 Å². The van der Waals surface area contributed by atoms with Crippen LogP contribution in [0.5, 0.6) is 0 Å². The minimum Gasteiger partial charge on any atom is -0.376 e. The van der Waals surface area contributed by atoms with Crippen molar-refractivity contribution in [2.75, 3.05) is 50.8 Å². The van der Waals surface area contributed by atoms with Gasteiger partial charge in [0, 0.05) is 51.9 Å². The van der Waals surface area contributed by atoms with Crippen LogP contribution in [0.1, 0.15) is 55.6 Å². The molecule has 1 aromatic rings. The van der Waals surface area contributed by atoms with Crippen LogP contribution in [-0.2, 0) is 11.3 Å². The Morgan fingerprint density at radius 2 is 1.71 bits per heavy atom. The monoisotopic (exact) mass is 388 g/mol. The summed E-state index contributed by atoms with van der Waals surface area (Å²) in [5.41, 5.74) is 0. The van der Waals surface area contributed by atoms with Gasteiger partial charge in [-0.05, 0) is 44.9 Å². The normalized spacial score (nSPS) is 26.8. The minimum atomic E-state index is 0.0312. The van der Waals surface area contributed by atoms with Gasteiger partial charge in [0.1, 0.15) is 0 Å². The van der Waals surface area contributed by atoms with Crippen molar-refractivity contribution in [2.24, 2.45) is 0 Å². The Balaban J connectivity index is 1.36. The fourth-order valence-electron chi connectivity index (χ4n) is 4.80. The van der Waals surface area contributed by atoms with Crippen LogP contribution in [-0.4, -0.2) is 88.5 Å². The second-order valence-electron chi connectivity index (χ2n) is 8.68. The van der Waals surface area contributed by atoms with Crippen LogP contribution in [0, 0.1) is 0 Å². The lowest BCUT2D eigenvalue weighted by atomic mass is 10.1. The van der Waals surface area contributed by atoms with Gasteiger partial charge in [-0.1, -0.05) is 0 Å². The molecule has 8 heteroatoms. The van der Waals surface area contributed by atoms with Crippen molar-refractivity contribution in [1.82, 2.24) is 24.6 Å². The lowest BCUT2D eigenvalue weighted by Gasteiger charge is -2.35. The third-order valence-corrected chi connectivity index (χ3v) is 6.64. The average molecular weight is 389 g/mol. The summed E-state index contributed by atoms with van der Waals surface area (Å²) < 4.78 is 8.04. The first-order valence-electron chi connectivity index (χ1n) is 11.1. The summed E-state index contributed by atoms with van der Waals surface area (Å²) in [7, 11) is 0. The fraction of sp³-hybridized carbons (Fsp3) is 0.850. The quantitative estimate of drug-likeness (QED) is 0.759. The predicted octanol–water partition coefficient (Wildman–Crippen LogP) is 1.37. The number of aromatic nitrogens is 3. The highest BCUT2D eigenvalue weighted by Crippen LogP contribution is 2.29. The Bertz CT molecular complexity index is 683. The number of piperazine rings is 1. The first kappa shape index (κ1) is 18.4. The highest BCUT2D eigenvalue weighted by molar-refractivity contribution is 5.91. The molecule has 4 aliphatic rings. The maximum atomic E-state index is 13.1. The smallest absolute Gasteiger partial charge is 0.291 e. The molecule has 0 N–H and O–H groups in total. The third-order valence-electron chi connectivity index (χ3n) is 6.64. The molecule has 1 aliphatic carbocycles. The van der Waals surface area contributed by atoms with E-state index in [2.05, 4.69) is 24.6 Å². The summed E-state index contributed by atoms with van der Waals surface area (Å²) in [6, 6.07) is 0.808. The molecule has 3 aliphatic heterocycles. The van der Waals surface area contributed by atoms with E-state index >= 15 is 0 Å². The summed E-state index contributed by atoms with van der Waals surface area (Å²) in [6.45, 7) is 7.23. The van der Waals surface area contributed by atoms with Crippen LogP contribution in [0.4, 0.5) is 5.95 Å². The van der Waals surface area contributed by atoms with E-state index in [9.17, 15) is 4.79 Å². The summed E-state index contributed by atoms with van der Waals surface area (Å²) >= 11 is 0. The van der Waals surface area contributed by atoms with Crippen molar-refractivity contribution >= 4 is 11.9 Å². The highest BCUT2D eigenvalue weighted by atomic mass is 16.5. The van der Waals surface area contributed by atoms with E-state index in [1.807, 2.05) is 4.90 Å². The van der Waals surface area contributed by atoms with Crippen molar-refractivity contribution in [1.29, 1.82) is 0 Å². The van der Waals surface area contributed by atoms with Crippen molar-refractivity contribution in [3.63, 3.8) is 0 Å². The van der Waals surface area contributed by atoms with Gasteiger partial charge in [0.2, 0.25) is 11.8 Å². The van der Waals surface area contributed by atoms with Gasteiger partial charge in [-0.2, -0.15) is 0 Å². The maximum Gasteiger partial charge on any atom is 0.291 e. The van der Waals surface area contributed by atoms with E-state index < -0.39 is 0 Å². The Morgan fingerprint density at radius 1 is 0.929 bits per heavy atom. The Morgan fingerprint density at radius 3 is 2.39 bits per heavy atom. The number of carbonyl (C=O) groups is 1. The first-order chi connectivity index (χ1) is 13.8. The van der Waals surface area contributed by atoms with Crippen molar-refractivity contribution in [3.8, 4) is 0 Å². The lowest BCUT2D eigenvalue weighted by molar-refractivity contribution is 0.00558. The van der Waals surface area contributed by atoms with E-state index in [-0.39, 0.29) is 12.0 Å². The SMILES string of the molecule is O=C(c1nnc(N2CCN(C3CC3)CC2)n1CC1CCCCO1)N1CCCC1. The van der Waals surface area contributed by atoms with E-state index in [4.69, 9.17) is 4.74 Å². The van der Waals surface area contributed by atoms with Crippen molar-refractivity contribution in [3.05, 3.63) is 5.82 Å². The van der Waals surface area contributed by atoms with Gasteiger partial charge in [-0.15, -0.1) is 10.2 Å². The van der Waals surface area contributed by atoms with Crippen LogP contribution in [0.2, 0.25) is 0 Å². The van der Waals surface area contributed by atoms with Gasteiger partial charge in [-0.25, -0.2) is 0 Å². The van der Waals surface area contributed by atoms with Crippen LogP contribution >= 0.6 is 0 Å². The second-order valence-corrected chi connectivity index (χ2v) is 8.68. The van der Waals surface area contributed by atoms with Gasteiger partial charge in [-0.3, -0.25) is 14.3 Å². The van der Waals surface area contributed by atoms with E-state index in [0.29, 0.717) is 12.4 Å². The number of ether oxygens (including phenoxy) is 1. The summed E-state index contributed by atoms with van der Waals surface area (Å²) in [5, 5.41) is 8.88. The predicted molar refractivity (Wildman–Crippen MR) is 106 cm³/mol. The number of nitrogens with zero attached hydrogens (tertiary/aromatic N) is 6. The molecule has 0 radical (unpaired) electrons. The fourth-order valence-corrected chi connectivity index (χ4v) is 4.80. The Labute approximate surface area is 166 Å². The topological polar surface area (TPSA) is 66.7 Å². The number of likely N-dealkylation sites (tertiary alicyclic amines) is 1. The van der Waals surface area contributed by atoms with Gasteiger partial charge in [0.15, 0.2) is 0 Å². The molecule has 1 aromatic heterocycles. The summed E-state index contributed by atoms with van der Waals surface area (Å²) in [6.07, 6.45) is 8.40. The molecule has 154 valence electrons. The van der Waals surface area contributed by atoms with Crippen LogP contribution in [0.25, 0.3) is 0 Å². The molecule has 28 heavy (non-hydrogen) atoms. The number of carbonyl (C=O) groups excluding carboxylic acids is 1. The van der Waals surface area contributed by atoms with Gasteiger partial charge < -0.3 is 14.5 Å². The largest absolute Gasteiger partial charge is 0.376 e. The van der Waals surface area contributed by atoms with Crippen molar-refractivity contribution < 1.29 is 9.53 Å². The zero-order chi connectivity index (χ0) is 18.9. The molecule has 1 amide bonds. The number of hydrogen-bond donors (Lipinski definition) is 0. The molecule has 0 bridgehead atoms. The number of rotatable bonds is 5. The zero-order valence-electron chi connectivity index (χ0n) is 16.8. The third kappa shape index (κ3) is 3.76. The van der Waals surface area contributed by atoms with E-state index in [1.165, 1.54) is 19.3 Å². The van der Waals surface area contributed by atoms with Gasteiger partial charge in [0.25, 0.3) is 5.91 Å². The molecule has 0 spiro atoms.